The van der Waals surface area contributed by atoms with E-state index in [4.69, 9.17) is 16.3 Å². The predicted molar refractivity (Wildman–Crippen MR) is 125 cm³/mol. The number of morpholine rings is 1. The van der Waals surface area contributed by atoms with Gasteiger partial charge in [-0.15, -0.1) is 0 Å². The number of pyridine rings is 1. The van der Waals surface area contributed by atoms with Crippen molar-refractivity contribution in [1.82, 2.24) is 24.4 Å². The first kappa shape index (κ1) is 20.9. The second-order valence-electron chi connectivity index (χ2n) is 8.77. The summed E-state index contributed by atoms with van der Waals surface area (Å²) < 4.78 is 8.01. The lowest BCUT2D eigenvalue weighted by Gasteiger charge is -2.43. The Balaban J connectivity index is 1.42. The van der Waals surface area contributed by atoms with Crippen molar-refractivity contribution in [3.05, 3.63) is 54.3 Å². The fourth-order valence-electron chi connectivity index (χ4n) is 4.33. The van der Waals surface area contributed by atoms with E-state index in [-0.39, 0.29) is 11.5 Å². The van der Waals surface area contributed by atoms with Crippen molar-refractivity contribution in [1.29, 1.82) is 0 Å². The first-order chi connectivity index (χ1) is 15.4. The number of hydrogen-bond acceptors (Lipinski definition) is 5. The molecule has 9 heteroatoms. The number of hydrogen-bond donors (Lipinski definition) is 2. The van der Waals surface area contributed by atoms with E-state index in [1.54, 1.807) is 31.0 Å². The van der Waals surface area contributed by atoms with Crippen LogP contribution in [0.15, 0.2) is 49.3 Å². The molecule has 4 heterocycles. The molecule has 0 bridgehead atoms. The molecule has 1 amide bonds. The summed E-state index contributed by atoms with van der Waals surface area (Å²) in [4.78, 5) is 27.2. The number of carbonyl (C=O) groups is 1. The monoisotopic (exact) mass is 452 g/mol. The number of nitrogens with zero attached hydrogens (tertiary/aromatic N) is 4. The molecule has 5 rings (SSSR count). The minimum absolute atomic E-state index is 0.119. The van der Waals surface area contributed by atoms with Crippen LogP contribution in [0.5, 0.6) is 0 Å². The van der Waals surface area contributed by atoms with E-state index in [1.165, 1.54) is 0 Å². The van der Waals surface area contributed by atoms with Gasteiger partial charge in [-0.05, 0) is 32.0 Å². The molecule has 1 fully saturated rings. The summed E-state index contributed by atoms with van der Waals surface area (Å²) in [5.74, 6) is -0.119. The third-order valence-electron chi connectivity index (χ3n) is 5.90. The predicted octanol–water partition coefficient (Wildman–Crippen LogP) is 3.68. The second kappa shape index (κ2) is 8.20. The molecule has 1 atom stereocenters. The van der Waals surface area contributed by atoms with Crippen LogP contribution < -0.4 is 5.32 Å². The molecule has 0 aliphatic carbocycles. The van der Waals surface area contributed by atoms with E-state index in [2.05, 4.69) is 25.2 Å². The fraction of sp³-hybridized carbons (Fsp3) is 0.348. The van der Waals surface area contributed by atoms with E-state index in [0.29, 0.717) is 30.4 Å². The first-order valence-electron chi connectivity index (χ1n) is 10.6. The van der Waals surface area contributed by atoms with Gasteiger partial charge in [-0.2, -0.15) is 0 Å². The number of ether oxygens (including phenoxy) is 1. The zero-order valence-corrected chi connectivity index (χ0v) is 18.8. The highest BCUT2D eigenvalue weighted by Gasteiger charge is 2.37. The van der Waals surface area contributed by atoms with Crippen molar-refractivity contribution < 1.29 is 9.53 Å². The van der Waals surface area contributed by atoms with Crippen LogP contribution in [0, 0.1) is 0 Å². The van der Waals surface area contributed by atoms with Crippen LogP contribution in [-0.2, 0) is 16.1 Å². The van der Waals surface area contributed by atoms with Crippen molar-refractivity contribution >= 4 is 45.0 Å². The van der Waals surface area contributed by atoms with Gasteiger partial charge in [0.2, 0.25) is 5.91 Å². The number of nitrogens with one attached hydrogen (secondary N) is 2. The van der Waals surface area contributed by atoms with Crippen LogP contribution in [-0.4, -0.2) is 61.7 Å². The highest BCUT2D eigenvalue weighted by molar-refractivity contribution is 6.33. The molecule has 1 aliphatic heterocycles. The summed E-state index contributed by atoms with van der Waals surface area (Å²) in [6, 6.07) is 5.19. The van der Waals surface area contributed by atoms with Crippen molar-refractivity contribution in [2.45, 2.75) is 32.0 Å². The highest BCUT2D eigenvalue weighted by Crippen LogP contribution is 2.33. The number of carbonyl (C=O) groups excluding carboxylic acids is 1. The Morgan fingerprint density at radius 3 is 2.97 bits per heavy atom. The van der Waals surface area contributed by atoms with Gasteiger partial charge in [0.25, 0.3) is 0 Å². The number of H-pyrrole nitrogens is 1. The van der Waals surface area contributed by atoms with Crippen molar-refractivity contribution in [2.75, 3.05) is 25.0 Å². The van der Waals surface area contributed by atoms with Gasteiger partial charge in [-0.25, -0.2) is 4.98 Å². The molecule has 32 heavy (non-hydrogen) atoms. The number of amides is 1. The maximum atomic E-state index is 13.4. The molecular formula is C23H25ClN6O2. The number of rotatable bonds is 5. The Labute approximate surface area is 190 Å². The van der Waals surface area contributed by atoms with E-state index in [9.17, 15) is 4.79 Å². The largest absolute Gasteiger partial charge is 0.372 e. The molecule has 4 aromatic rings. The third kappa shape index (κ3) is 4.09. The van der Waals surface area contributed by atoms with Crippen LogP contribution in [0.25, 0.3) is 21.8 Å². The summed E-state index contributed by atoms with van der Waals surface area (Å²) >= 11 is 6.40. The number of fused-ring (bicyclic) bond motifs is 3. The second-order valence-corrected chi connectivity index (χ2v) is 9.21. The third-order valence-corrected chi connectivity index (χ3v) is 6.11. The Hall–Kier alpha value is -2.94. The average Bonchev–Trinajstić information content (AvgIpc) is 3.39. The normalized spacial score (nSPS) is 18.9. The SMILES string of the molecule is CC1(C)CN(CCn2ccnc2)[C@H](C(=O)Nc2cc(Cl)cc3c2[nH]c2cnccc23)CO1. The van der Waals surface area contributed by atoms with Gasteiger partial charge in [0, 0.05) is 54.0 Å². The molecule has 1 aromatic carbocycles. The molecule has 0 saturated carbocycles. The number of halogens is 1. The van der Waals surface area contributed by atoms with Crippen molar-refractivity contribution in [3.8, 4) is 0 Å². The zero-order chi connectivity index (χ0) is 22.3. The van der Waals surface area contributed by atoms with Gasteiger partial charge in [0.15, 0.2) is 0 Å². The lowest BCUT2D eigenvalue weighted by molar-refractivity contribution is -0.143. The first-order valence-corrected chi connectivity index (χ1v) is 11.0. The number of anilines is 1. The topological polar surface area (TPSA) is 88.1 Å². The van der Waals surface area contributed by atoms with E-state index in [0.717, 1.165) is 28.4 Å². The summed E-state index contributed by atoms with van der Waals surface area (Å²) in [6.07, 6.45) is 8.98. The van der Waals surface area contributed by atoms with E-state index in [1.807, 2.05) is 36.7 Å². The maximum Gasteiger partial charge on any atom is 0.244 e. The maximum absolute atomic E-state index is 13.4. The van der Waals surface area contributed by atoms with Gasteiger partial charge in [0.1, 0.15) is 6.04 Å². The van der Waals surface area contributed by atoms with Crippen LogP contribution in [0.2, 0.25) is 5.02 Å². The standard InChI is InChI=1S/C23H25ClN6O2/c1-23(2)13-30(8-7-29-6-5-26-14-29)20(12-32-23)22(31)28-18-10-15(24)9-17-16-3-4-25-11-19(16)27-21(17)18/h3-6,9-11,14,20,27H,7-8,12-13H2,1-2H3,(H,28,31)/t20-/m0/s1. The van der Waals surface area contributed by atoms with Gasteiger partial charge in [0.05, 0.1) is 41.5 Å². The lowest BCUT2D eigenvalue weighted by atomic mass is 10.0. The lowest BCUT2D eigenvalue weighted by Crippen LogP contribution is -2.58. The van der Waals surface area contributed by atoms with E-state index >= 15 is 0 Å². The molecule has 0 radical (unpaired) electrons. The molecule has 1 aliphatic rings. The smallest absolute Gasteiger partial charge is 0.244 e. The van der Waals surface area contributed by atoms with Crippen molar-refractivity contribution in [3.63, 3.8) is 0 Å². The van der Waals surface area contributed by atoms with Gasteiger partial charge >= 0.3 is 0 Å². The number of aromatic nitrogens is 4. The average molecular weight is 453 g/mol. The highest BCUT2D eigenvalue weighted by atomic mass is 35.5. The Morgan fingerprint density at radius 1 is 1.28 bits per heavy atom. The summed E-state index contributed by atoms with van der Waals surface area (Å²) in [7, 11) is 0. The summed E-state index contributed by atoms with van der Waals surface area (Å²) in [6.45, 7) is 6.53. The zero-order valence-electron chi connectivity index (χ0n) is 18.0. The van der Waals surface area contributed by atoms with Crippen LogP contribution in [0.3, 0.4) is 0 Å². The quantitative estimate of drug-likeness (QED) is 0.482. The number of benzene rings is 1. The molecule has 8 nitrogen and oxygen atoms in total. The molecule has 1 saturated heterocycles. The van der Waals surface area contributed by atoms with E-state index < -0.39 is 6.04 Å². The Bertz CT molecular complexity index is 1270. The summed E-state index contributed by atoms with van der Waals surface area (Å²) in [5.41, 5.74) is 2.05. The van der Waals surface area contributed by atoms with Crippen LogP contribution >= 0.6 is 11.6 Å². The molecule has 3 aromatic heterocycles. The van der Waals surface area contributed by atoms with Crippen molar-refractivity contribution in [2.24, 2.45) is 0 Å². The summed E-state index contributed by atoms with van der Waals surface area (Å²) in [5, 5.41) is 5.61. The Morgan fingerprint density at radius 2 is 2.16 bits per heavy atom. The number of aromatic amines is 1. The molecule has 2 N–H and O–H groups in total. The molecular weight excluding hydrogens is 428 g/mol. The van der Waals surface area contributed by atoms with Gasteiger partial charge < -0.3 is 19.6 Å². The number of imidazole rings is 1. The molecule has 0 spiro atoms. The van der Waals surface area contributed by atoms with Gasteiger partial charge in [-0.1, -0.05) is 11.6 Å². The van der Waals surface area contributed by atoms with Crippen LogP contribution in [0.4, 0.5) is 5.69 Å². The minimum Gasteiger partial charge on any atom is -0.372 e. The molecule has 0 unspecified atom stereocenters. The Kier molecular flexibility index (Phi) is 5.36. The minimum atomic E-state index is -0.411. The molecule has 166 valence electrons. The van der Waals surface area contributed by atoms with Crippen LogP contribution in [0.1, 0.15) is 13.8 Å². The van der Waals surface area contributed by atoms with Gasteiger partial charge in [-0.3, -0.25) is 14.7 Å². The fourth-order valence-corrected chi connectivity index (χ4v) is 4.54.